The van der Waals surface area contributed by atoms with Gasteiger partial charge in [0.25, 0.3) is 0 Å². The van der Waals surface area contributed by atoms with Crippen molar-refractivity contribution in [2.24, 2.45) is 0 Å². The van der Waals surface area contributed by atoms with E-state index >= 15 is 0 Å². The third-order valence-electron chi connectivity index (χ3n) is 3.80. The van der Waals surface area contributed by atoms with Crippen LogP contribution in [-0.4, -0.2) is 0 Å². The zero-order valence-electron chi connectivity index (χ0n) is 11.1. The third kappa shape index (κ3) is 2.52. The van der Waals surface area contributed by atoms with Gasteiger partial charge in [0.1, 0.15) is 0 Å². The first-order valence-corrected chi connectivity index (χ1v) is 6.55. The molecule has 0 saturated heterocycles. The van der Waals surface area contributed by atoms with Crippen LogP contribution in [0.4, 0.5) is 0 Å². The zero-order valence-corrected chi connectivity index (χ0v) is 11.1. The van der Waals surface area contributed by atoms with Crippen LogP contribution < -0.4 is 0 Å². The Labute approximate surface area is 105 Å². The van der Waals surface area contributed by atoms with E-state index in [4.69, 9.17) is 0 Å². The van der Waals surface area contributed by atoms with Gasteiger partial charge in [-0.15, -0.1) is 0 Å². The average molecular weight is 226 g/mol. The van der Waals surface area contributed by atoms with Crippen LogP contribution in [0.25, 0.3) is 11.1 Å². The molecule has 0 bridgehead atoms. The Morgan fingerprint density at radius 1 is 1.06 bits per heavy atom. The normalized spacial score (nSPS) is 16.1. The Morgan fingerprint density at radius 2 is 1.71 bits per heavy atom. The minimum absolute atomic E-state index is 0.737. The molecule has 90 valence electrons. The lowest BCUT2D eigenvalue weighted by molar-refractivity contribution is 0.721. The molecule has 0 radical (unpaired) electrons. The molecule has 0 amide bonds. The monoisotopic (exact) mass is 226 g/mol. The number of allylic oxidation sites excluding steroid dienone is 2. The first-order chi connectivity index (χ1) is 8.09. The highest BCUT2D eigenvalue weighted by Gasteiger charge is 2.20. The topological polar surface area (TPSA) is 0 Å². The molecule has 0 N–H and O–H groups in total. The van der Waals surface area contributed by atoms with E-state index in [0.717, 1.165) is 11.5 Å². The minimum Gasteiger partial charge on any atom is -0.0955 e. The second-order valence-electron chi connectivity index (χ2n) is 5.34. The van der Waals surface area contributed by atoms with E-state index in [-0.39, 0.29) is 0 Å². The number of hydrogen-bond donors (Lipinski definition) is 0. The summed E-state index contributed by atoms with van der Waals surface area (Å²) in [5, 5.41) is 0. The third-order valence-corrected chi connectivity index (χ3v) is 3.80. The molecule has 2 rings (SSSR count). The van der Waals surface area contributed by atoms with Crippen molar-refractivity contribution in [3.8, 4) is 0 Å². The molecule has 0 spiro atoms. The van der Waals surface area contributed by atoms with Gasteiger partial charge in [-0.2, -0.15) is 0 Å². The second-order valence-corrected chi connectivity index (χ2v) is 5.34. The van der Waals surface area contributed by atoms with Gasteiger partial charge in [0.05, 0.1) is 0 Å². The maximum absolute atomic E-state index is 4.11. The van der Waals surface area contributed by atoms with E-state index in [1.54, 1.807) is 0 Å². The van der Waals surface area contributed by atoms with Crippen molar-refractivity contribution in [1.82, 2.24) is 0 Å². The maximum Gasteiger partial charge on any atom is -0.0156 e. The molecular formula is C17H22. The first kappa shape index (κ1) is 12.2. The fourth-order valence-electron chi connectivity index (χ4n) is 2.79. The van der Waals surface area contributed by atoms with E-state index in [9.17, 15) is 0 Å². The summed E-state index contributed by atoms with van der Waals surface area (Å²) < 4.78 is 0. The lowest BCUT2D eigenvalue weighted by Crippen LogP contribution is -1.99. The molecule has 1 aliphatic rings. The Hall–Kier alpha value is -1.30. The lowest BCUT2D eigenvalue weighted by atomic mass is 9.88. The van der Waals surface area contributed by atoms with E-state index in [1.165, 1.54) is 47.9 Å². The van der Waals surface area contributed by atoms with Crippen molar-refractivity contribution >= 4 is 11.1 Å². The molecule has 0 aromatic heterocycles. The van der Waals surface area contributed by atoms with E-state index in [1.807, 2.05) is 0 Å². The van der Waals surface area contributed by atoms with Crippen LogP contribution >= 0.6 is 0 Å². The van der Waals surface area contributed by atoms with Crippen molar-refractivity contribution < 1.29 is 0 Å². The minimum atomic E-state index is 0.737. The fraction of sp³-hybridized carbons (Fsp3) is 0.412. The standard InChI is InChI=1S/C17H22/c1-12(2)15-9-10-16(13(3)4)17(11-15)14-7-5-6-8-14/h9-11,14H,1,3,5-8H2,2,4H3. The van der Waals surface area contributed by atoms with Gasteiger partial charge in [0, 0.05) is 0 Å². The van der Waals surface area contributed by atoms with E-state index in [2.05, 4.69) is 45.2 Å². The highest BCUT2D eigenvalue weighted by Crippen LogP contribution is 2.38. The van der Waals surface area contributed by atoms with Crippen LogP contribution in [0.3, 0.4) is 0 Å². The summed E-state index contributed by atoms with van der Waals surface area (Å²) in [6.07, 6.45) is 5.41. The van der Waals surface area contributed by atoms with Gasteiger partial charge >= 0.3 is 0 Å². The lowest BCUT2D eigenvalue weighted by Gasteiger charge is -2.17. The molecule has 17 heavy (non-hydrogen) atoms. The molecule has 1 aliphatic carbocycles. The summed E-state index contributed by atoms with van der Waals surface area (Å²) in [6.45, 7) is 12.3. The molecular weight excluding hydrogens is 204 g/mol. The summed E-state index contributed by atoms with van der Waals surface area (Å²) in [5.74, 6) is 0.737. The van der Waals surface area contributed by atoms with Gasteiger partial charge in [-0.3, -0.25) is 0 Å². The highest BCUT2D eigenvalue weighted by molar-refractivity contribution is 5.70. The summed E-state index contributed by atoms with van der Waals surface area (Å²) in [6, 6.07) is 6.73. The fourth-order valence-corrected chi connectivity index (χ4v) is 2.79. The summed E-state index contributed by atoms with van der Waals surface area (Å²) >= 11 is 0. The number of hydrogen-bond acceptors (Lipinski definition) is 0. The van der Waals surface area contributed by atoms with Gasteiger partial charge in [-0.1, -0.05) is 55.3 Å². The van der Waals surface area contributed by atoms with Gasteiger partial charge < -0.3 is 0 Å². The quantitative estimate of drug-likeness (QED) is 0.646. The van der Waals surface area contributed by atoms with Crippen LogP contribution in [0.2, 0.25) is 0 Å². The van der Waals surface area contributed by atoms with E-state index < -0.39 is 0 Å². The SMILES string of the molecule is C=C(C)c1ccc(C(=C)C)c(C2CCCC2)c1. The van der Waals surface area contributed by atoms with Crippen molar-refractivity contribution in [3.63, 3.8) is 0 Å². The van der Waals surface area contributed by atoms with Crippen LogP contribution in [0, 0.1) is 0 Å². The Balaban J connectivity index is 2.46. The predicted molar refractivity (Wildman–Crippen MR) is 77.1 cm³/mol. The maximum atomic E-state index is 4.11. The molecule has 0 atom stereocenters. The molecule has 1 aromatic rings. The summed E-state index contributed by atoms with van der Waals surface area (Å²) in [7, 11) is 0. The average Bonchev–Trinajstić information content (AvgIpc) is 2.81. The molecule has 0 nitrogen and oxygen atoms in total. The number of benzene rings is 1. The Morgan fingerprint density at radius 3 is 2.24 bits per heavy atom. The van der Waals surface area contributed by atoms with Crippen LogP contribution in [0.15, 0.2) is 31.4 Å². The highest BCUT2D eigenvalue weighted by atomic mass is 14.2. The van der Waals surface area contributed by atoms with Crippen molar-refractivity contribution in [2.45, 2.75) is 45.4 Å². The van der Waals surface area contributed by atoms with Crippen molar-refractivity contribution in [1.29, 1.82) is 0 Å². The molecule has 1 aromatic carbocycles. The molecule has 0 heteroatoms. The molecule has 0 aliphatic heterocycles. The molecule has 0 unspecified atom stereocenters. The molecule has 1 saturated carbocycles. The summed E-state index contributed by atoms with van der Waals surface area (Å²) in [4.78, 5) is 0. The van der Waals surface area contributed by atoms with E-state index in [0.29, 0.717) is 0 Å². The van der Waals surface area contributed by atoms with Crippen LogP contribution in [-0.2, 0) is 0 Å². The predicted octanol–water partition coefficient (Wildman–Crippen LogP) is 5.41. The van der Waals surface area contributed by atoms with Crippen LogP contribution in [0.1, 0.15) is 62.1 Å². The first-order valence-electron chi connectivity index (χ1n) is 6.55. The van der Waals surface area contributed by atoms with Crippen molar-refractivity contribution in [3.05, 3.63) is 48.0 Å². The van der Waals surface area contributed by atoms with Crippen molar-refractivity contribution in [2.75, 3.05) is 0 Å². The number of rotatable bonds is 3. The Bertz CT molecular complexity index is 445. The second kappa shape index (κ2) is 4.91. The largest absolute Gasteiger partial charge is 0.0955 e. The van der Waals surface area contributed by atoms with Crippen LogP contribution in [0.5, 0.6) is 0 Å². The molecule has 1 fully saturated rings. The summed E-state index contributed by atoms with van der Waals surface area (Å²) in [5.41, 5.74) is 6.45. The van der Waals surface area contributed by atoms with Gasteiger partial charge in [0.15, 0.2) is 0 Å². The Kier molecular flexibility index (Phi) is 3.51. The zero-order chi connectivity index (χ0) is 12.4. The van der Waals surface area contributed by atoms with Gasteiger partial charge in [0.2, 0.25) is 0 Å². The smallest absolute Gasteiger partial charge is 0.0156 e. The molecule has 0 heterocycles. The van der Waals surface area contributed by atoms with Gasteiger partial charge in [-0.05, 0) is 49.3 Å². The van der Waals surface area contributed by atoms with Gasteiger partial charge in [-0.25, -0.2) is 0 Å².